The number of carbonyl (C=O) groups is 2. The third kappa shape index (κ3) is 6.34. The van der Waals surface area contributed by atoms with Crippen molar-refractivity contribution >= 4 is 64.1 Å². The van der Waals surface area contributed by atoms with E-state index in [1.54, 1.807) is 0 Å². The van der Waals surface area contributed by atoms with Crippen LogP contribution in [0.2, 0.25) is 15.1 Å². The first-order valence-corrected chi connectivity index (χ1v) is 8.14. The van der Waals surface area contributed by atoms with Gasteiger partial charge in [0.2, 0.25) is 5.91 Å². The minimum Gasteiger partial charge on any atom is -0.469 e. The number of halogens is 3. The first-order chi connectivity index (χ1) is 9.83. The summed E-state index contributed by atoms with van der Waals surface area (Å²) in [5.74, 6) is -0.394. The molecule has 1 atom stereocenters. The van der Waals surface area contributed by atoms with E-state index in [-0.39, 0.29) is 39.3 Å². The van der Waals surface area contributed by atoms with Crippen molar-refractivity contribution < 1.29 is 14.3 Å². The molecule has 0 saturated carbocycles. The zero-order chi connectivity index (χ0) is 16.0. The van der Waals surface area contributed by atoms with Crippen LogP contribution in [0.4, 0.5) is 5.69 Å². The highest BCUT2D eigenvalue weighted by molar-refractivity contribution is 8.00. The third-order valence-corrected chi connectivity index (χ3v) is 4.43. The lowest BCUT2D eigenvalue weighted by atomic mass is 10.3. The number of carbonyl (C=O) groups excluding carboxylic acids is 2. The molecule has 0 saturated heterocycles. The van der Waals surface area contributed by atoms with Gasteiger partial charge in [0.1, 0.15) is 0 Å². The Bertz CT molecular complexity index is 516. The fraction of sp³-hybridized carbons (Fsp3) is 0.385. The second kappa shape index (κ2) is 8.73. The SMILES string of the molecule is COC(=O)CC(C)SCC(=O)Nc1c(Cl)cc(Cl)cc1Cl. The first-order valence-electron chi connectivity index (χ1n) is 5.96. The minimum absolute atomic E-state index is 0.0284. The highest BCUT2D eigenvalue weighted by Crippen LogP contribution is 2.33. The third-order valence-electron chi connectivity index (χ3n) is 2.45. The molecule has 116 valence electrons. The molecule has 0 radical (unpaired) electrons. The molecule has 0 aliphatic carbocycles. The number of hydrogen-bond acceptors (Lipinski definition) is 4. The summed E-state index contributed by atoms with van der Waals surface area (Å²) in [6.07, 6.45) is 0.247. The molecule has 1 aromatic rings. The zero-order valence-electron chi connectivity index (χ0n) is 11.4. The van der Waals surface area contributed by atoms with E-state index in [4.69, 9.17) is 34.8 Å². The average molecular weight is 371 g/mol. The van der Waals surface area contributed by atoms with Crippen molar-refractivity contribution in [2.45, 2.75) is 18.6 Å². The summed E-state index contributed by atoms with van der Waals surface area (Å²) in [6.45, 7) is 1.84. The van der Waals surface area contributed by atoms with E-state index in [0.717, 1.165) is 0 Å². The largest absolute Gasteiger partial charge is 0.469 e. The number of amides is 1. The summed E-state index contributed by atoms with van der Waals surface area (Å²) in [6, 6.07) is 3.00. The number of anilines is 1. The molecule has 1 N–H and O–H groups in total. The molecule has 0 fully saturated rings. The lowest BCUT2D eigenvalue weighted by Gasteiger charge is -2.12. The maximum absolute atomic E-state index is 11.9. The van der Waals surface area contributed by atoms with Crippen molar-refractivity contribution in [3.05, 3.63) is 27.2 Å². The van der Waals surface area contributed by atoms with Crippen LogP contribution in [0.15, 0.2) is 12.1 Å². The topological polar surface area (TPSA) is 55.4 Å². The summed E-state index contributed by atoms with van der Waals surface area (Å²) in [4.78, 5) is 23.0. The predicted molar refractivity (Wildman–Crippen MR) is 88.7 cm³/mol. The van der Waals surface area contributed by atoms with Crippen LogP contribution in [0, 0.1) is 0 Å². The van der Waals surface area contributed by atoms with Gasteiger partial charge < -0.3 is 10.1 Å². The number of ether oxygens (including phenoxy) is 1. The van der Waals surface area contributed by atoms with E-state index in [9.17, 15) is 9.59 Å². The van der Waals surface area contributed by atoms with Crippen LogP contribution >= 0.6 is 46.6 Å². The number of esters is 1. The number of methoxy groups -OCH3 is 1. The van der Waals surface area contributed by atoms with Crippen molar-refractivity contribution in [3.63, 3.8) is 0 Å². The van der Waals surface area contributed by atoms with Gasteiger partial charge in [-0.2, -0.15) is 0 Å². The molecule has 0 aliphatic rings. The number of nitrogens with one attached hydrogen (secondary N) is 1. The van der Waals surface area contributed by atoms with Crippen LogP contribution < -0.4 is 5.32 Å². The van der Waals surface area contributed by atoms with E-state index >= 15 is 0 Å². The molecule has 1 unspecified atom stereocenters. The summed E-state index contributed by atoms with van der Waals surface area (Å²) >= 11 is 19.1. The predicted octanol–water partition coefficient (Wildman–Crippen LogP) is 4.27. The minimum atomic E-state index is -0.306. The van der Waals surface area contributed by atoms with Crippen LogP contribution in [-0.2, 0) is 14.3 Å². The van der Waals surface area contributed by atoms with Gasteiger partial charge in [0.05, 0.1) is 35.0 Å². The molecule has 0 spiro atoms. The van der Waals surface area contributed by atoms with Gasteiger partial charge in [0, 0.05) is 10.3 Å². The lowest BCUT2D eigenvalue weighted by Crippen LogP contribution is -2.17. The van der Waals surface area contributed by atoms with Gasteiger partial charge in [-0.1, -0.05) is 41.7 Å². The van der Waals surface area contributed by atoms with Crippen LogP contribution in [-0.4, -0.2) is 30.0 Å². The Balaban J connectivity index is 2.53. The zero-order valence-corrected chi connectivity index (χ0v) is 14.5. The second-order valence-electron chi connectivity index (χ2n) is 4.19. The van der Waals surface area contributed by atoms with E-state index in [0.29, 0.717) is 10.7 Å². The molecule has 21 heavy (non-hydrogen) atoms. The maximum Gasteiger partial charge on any atom is 0.306 e. The number of thioether (sulfide) groups is 1. The van der Waals surface area contributed by atoms with Crippen molar-refractivity contribution in [1.82, 2.24) is 0 Å². The molecule has 0 bridgehead atoms. The fourth-order valence-corrected chi connectivity index (χ4v) is 3.11. The Labute approximate surface area is 142 Å². The van der Waals surface area contributed by atoms with E-state index < -0.39 is 0 Å². The van der Waals surface area contributed by atoms with Crippen molar-refractivity contribution in [3.8, 4) is 0 Å². The molecule has 0 aromatic heterocycles. The first kappa shape index (κ1) is 18.4. The smallest absolute Gasteiger partial charge is 0.306 e. The number of rotatable bonds is 6. The Kier molecular flexibility index (Phi) is 7.66. The normalized spacial score (nSPS) is 11.9. The van der Waals surface area contributed by atoms with Gasteiger partial charge >= 0.3 is 5.97 Å². The van der Waals surface area contributed by atoms with Gasteiger partial charge in [-0.25, -0.2) is 0 Å². The van der Waals surface area contributed by atoms with Crippen LogP contribution in [0.25, 0.3) is 0 Å². The Morgan fingerprint density at radius 1 is 1.29 bits per heavy atom. The van der Waals surface area contributed by atoms with Crippen LogP contribution in [0.1, 0.15) is 13.3 Å². The van der Waals surface area contributed by atoms with Crippen LogP contribution in [0.5, 0.6) is 0 Å². The number of hydrogen-bond donors (Lipinski definition) is 1. The summed E-state index contributed by atoms with van der Waals surface area (Å²) < 4.78 is 4.57. The summed E-state index contributed by atoms with van der Waals surface area (Å²) in [5, 5.41) is 3.54. The van der Waals surface area contributed by atoms with Gasteiger partial charge in [0.15, 0.2) is 0 Å². The molecule has 8 heteroatoms. The van der Waals surface area contributed by atoms with Gasteiger partial charge in [-0.3, -0.25) is 9.59 Å². The summed E-state index contributed by atoms with van der Waals surface area (Å²) in [5.41, 5.74) is 0.328. The fourth-order valence-electron chi connectivity index (χ4n) is 1.43. The molecule has 1 amide bonds. The van der Waals surface area contributed by atoms with Crippen LogP contribution in [0.3, 0.4) is 0 Å². The van der Waals surface area contributed by atoms with E-state index in [2.05, 4.69) is 10.1 Å². The molecular formula is C13H14Cl3NO3S. The van der Waals surface area contributed by atoms with Gasteiger partial charge in [0.25, 0.3) is 0 Å². The number of benzene rings is 1. The maximum atomic E-state index is 11.9. The molecule has 0 aliphatic heterocycles. The molecule has 1 rings (SSSR count). The Hall–Kier alpha value is -0.620. The average Bonchev–Trinajstić information content (AvgIpc) is 2.40. The Morgan fingerprint density at radius 3 is 2.38 bits per heavy atom. The van der Waals surface area contributed by atoms with Crippen molar-refractivity contribution in [2.24, 2.45) is 0 Å². The highest BCUT2D eigenvalue weighted by atomic mass is 35.5. The standard InChI is InChI=1S/C13H14Cl3NO3S/c1-7(3-12(19)20-2)21-6-11(18)17-13-9(15)4-8(14)5-10(13)16/h4-5,7H,3,6H2,1-2H3,(H,17,18). The van der Waals surface area contributed by atoms with E-state index in [1.807, 2.05) is 6.92 Å². The lowest BCUT2D eigenvalue weighted by molar-refractivity contribution is -0.140. The summed E-state index contributed by atoms with van der Waals surface area (Å²) in [7, 11) is 1.33. The Morgan fingerprint density at radius 2 is 1.86 bits per heavy atom. The van der Waals surface area contributed by atoms with Crippen molar-refractivity contribution in [1.29, 1.82) is 0 Å². The monoisotopic (exact) mass is 369 g/mol. The second-order valence-corrected chi connectivity index (χ2v) is 6.87. The molecule has 0 heterocycles. The van der Waals surface area contributed by atoms with Gasteiger partial charge in [-0.05, 0) is 12.1 Å². The molecule has 1 aromatic carbocycles. The molecule has 4 nitrogen and oxygen atoms in total. The van der Waals surface area contributed by atoms with Gasteiger partial charge in [-0.15, -0.1) is 11.8 Å². The highest BCUT2D eigenvalue weighted by Gasteiger charge is 2.14. The van der Waals surface area contributed by atoms with Crippen molar-refractivity contribution in [2.75, 3.05) is 18.2 Å². The quantitative estimate of drug-likeness (QED) is 0.760. The van der Waals surface area contributed by atoms with E-state index in [1.165, 1.54) is 31.0 Å². The molecular weight excluding hydrogens is 357 g/mol.